The van der Waals surface area contributed by atoms with E-state index in [-0.39, 0.29) is 11.9 Å². The van der Waals surface area contributed by atoms with Gasteiger partial charge in [0.2, 0.25) is 5.91 Å². The number of rotatable bonds is 6. The fourth-order valence-corrected chi connectivity index (χ4v) is 3.18. The Balaban J connectivity index is 1.63. The number of aromatic nitrogens is 1. The van der Waals surface area contributed by atoms with Crippen molar-refractivity contribution in [3.63, 3.8) is 0 Å². The molecular weight excluding hydrogens is 356 g/mol. The minimum Gasteiger partial charge on any atom is -0.456 e. The van der Waals surface area contributed by atoms with Crippen LogP contribution >= 0.6 is 0 Å². The van der Waals surface area contributed by atoms with Crippen molar-refractivity contribution in [2.75, 3.05) is 25.5 Å². The van der Waals surface area contributed by atoms with Crippen LogP contribution in [-0.2, 0) is 4.79 Å². The summed E-state index contributed by atoms with van der Waals surface area (Å²) in [4.78, 5) is 32.6. The van der Waals surface area contributed by atoms with Gasteiger partial charge in [0.1, 0.15) is 17.5 Å². The number of carbonyl (C=O) groups is 2. The van der Waals surface area contributed by atoms with Crippen molar-refractivity contribution in [2.45, 2.75) is 32.2 Å². The third-order valence-electron chi connectivity index (χ3n) is 4.78. The van der Waals surface area contributed by atoms with Crippen LogP contribution in [0.4, 0.5) is 10.5 Å². The summed E-state index contributed by atoms with van der Waals surface area (Å²) in [5.74, 6) is 1.31. The number of likely N-dealkylation sites (N-methyl/N-ethyl adjacent to an activating group) is 1. The third kappa shape index (κ3) is 4.79. The first-order valence-electron chi connectivity index (χ1n) is 9.59. The number of nitrogens with one attached hydrogen (secondary N) is 1. The number of piperazine rings is 1. The molecule has 1 saturated heterocycles. The second-order valence-electron chi connectivity index (χ2n) is 6.86. The summed E-state index contributed by atoms with van der Waals surface area (Å²) in [5, 5.41) is 2.89. The highest BCUT2D eigenvalue weighted by atomic mass is 16.5. The highest BCUT2D eigenvalue weighted by Crippen LogP contribution is 2.23. The maximum Gasteiger partial charge on any atom is 0.322 e. The molecule has 0 spiro atoms. The molecule has 2 heterocycles. The van der Waals surface area contributed by atoms with E-state index in [0.717, 1.165) is 12.8 Å². The third-order valence-corrected chi connectivity index (χ3v) is 4.78. The second kappa shape index (κ2) is 9.21. The Labute approximate surface area is 165 Å². The maximum atomic E-state index is 12.8. The normalized spacial score (nSPS) is 16.8. The number of hydrogen-bond donors (Lipinski definition) is 1. The molecule has 1 aliphatic rings. The SMILES string of the molecule is CCCCC1C(=O)N(C)CCN1C(=O)Nc1ccc(Oc2cccnc2)cc1. The van der Waals surface area contributed by atoms with Crippen LogP contribution < -0.4 is 10.1 Å². The summed E-state index contributed by atoms with van der Waals surface area (Å²) in [6.07, 6.45) is 5.90. The molecule has 1 aromatic carbocycles. The van der Waals surface area contributed by atoms with Crippen molar-refractivity contribution in [3.05, 3.63) is 48.8 Å². The average molecular weight is 382 g/mol. The Morgan fingerprint density at radius 1 is 1.21 bits per heavy atom. The van der Waals surface area contributed by atoms with Crippen LogP contribution in [0.2, 0.25) is 0 Å². The summed E-state index contributed by atoms with van der Waals surface area (Å²) in [7, 11) is 1.79. The number of nitrogens with zero attached hydrogens (tertiary/aromatic N) is 3. The first-order chi connectivity index (χ1) is 13.6. The Hall–Kier alpha value is -3.09. The van der Waals surface area contributed by atoms with Crippen LogP contribution in [0.15, 0.2) is 48.8 Å². The van der Waals surface area contributed by atoms with Gasteiger partial charge in [-0.2, -0.15) is 0 Å². The van der Waals surface area contributed by atoms with Gasteiger partial charge >= 0.3 is 6.03 Å². The van der Waals surface area contributed by atoms with Crippen LogP contribution in [-0.4, -0.2) is 52.9 Å². The van der Waals surface area contributed by atoms with Crippen molar-refractivity contribution < 1.29 is 14.3 Å². The molecule has 1 fully saturated rings. The fourth-order valence-electron chi connectivity index (χ4n) is 3.18. The van der Waals surface area contributed by atoms with Gasteiger partial charge in [0.05, 0.1) is 6.20 Å². The summed E-state index contributed by atoms with van der Waals surface area (Å²) in [6, 6.07) is 10.1. The molecule has 7 heteroatoms. The van der Waals surface area contributed by atoms with E-state index in [1.165, 1.54) is 0 Å². The summed E-state index contributed by atoms with van der Waals surface area (Å²) >= 11 is 0. The standard InChI is InChI=1S/C21H26N4O3/c1-3-4-7-19-20(26)24(2)13-14-25(19)21(27)23-16-8-10-17(11-9-16)28-18-6-5-12-22-15-18/h5-6,8-12,15,19H,3-4,7,13-14H2,1-2H3,(H,23,27). The number of pyridine rings is 1. The molecule has 3 rings (SSSR count). The van der Waals surface area contributed by atoms with Crippen LogP contribution in [0, 0.1) is 0 Å². The number of amides is 3. The lowest BCUT2D eigenvalue weighted by Gasteiger charge is -2.39. The van der Waals surface area contributed by atoms with Crippen molar-refractivity contribution in [1.29, 1.82) is 0 Å². The summed E-state index contributed by atoms with van der Waals surface area (Å²) in [5.41, 5.74) is 0.657. The highest BCUT2D eigenvalue weighted by Gasteiger charge is 2.35. The zero-order chi connectivity index (χ0) is 19.9. The lowest BCUT2D eigenvalue weighted by atomic mass is 10.0. The maximum absolute atomic E-state index is 12.8. The molecule has 148 valence electrons. The number of benzene rings is 1. The van der Waals surface area contributed by atoms with E-state index in [4.69, 9.17) is 4.74 Å². The van der Waals surface area contributed by atoms with Gasteiger partial charge < -0.3 is 19.9 Å². The second-order valence-corrected chi connectivity index (χ2v) is 6.86. The van der Waals surface area contributed by atoms with E-state index < -0.39 is 6.04 Å². The zero-order valence-electron chi connectivity index (χ0n) is 16.3. The minimum absolute atomic E-state index is 0.00932. The number of hydrogen-bond acceptors (Lipinski definition) is 4. The van der Waals surface area contributed by atoms with E-state index in [0.29, 0.717) is 36.7 Å². The molecule has 0 bridgehead atoms. The van der Waals surface area contributed by atoms with Crippen LogP contribution in [0.25, 0.3) is 0 Å². The topological polar surface area (TPSA) is 74.8 Å². The van der Waals surface area contributed by atoms with Crippen molar-refractivity contribution in [3.8, 4) is 11.5 Å². The van der Waals surface area contributed by atoms with Crippen LogP contribution in [0.1, 0.15) is 26.2 Å². The number of urea groups is 1. The molecule has 0 saturated carbocycles. The molecule has 28 heavy (non-hydrogen) atoms. The van der Waals surface area contributed by atoms with Gasteiger partial charge in [0.25, 0.3) is 0 Å². The predicted molar refractivity (Wildman–Crippen MR) is 107 cm³/mol. The van der Waals surface area contributed by atoms with E-state index in [1.807, 2.05) is 6.07 Å². The van der Waals surface area contributed by atoms with Crippen molar-refractivity contribution in [2.24, 2.45) is 0 Å². The molecule has 2 aromatic rings. The molecule has 0 aliphatic carbocycles. The molecule has 1 N–H and O–H groups in total. The lowest BCUT2D eigenvalue weighted by Crippen LogP contribution is -2.58. The van der Waals surface area contributed by atoms with Crippen LogP contribution in [0.5, 0.6) is 11.5 Å². The van der Waals surface area contributed by atoms with E-state index >= 15 is 0 Å². The van der Waals surface area contributed by atoms with Crippen molar-refractivity contribution in [1.82, 2.24) is 14.8 Å². The lowest BCUT2D eigenvalue weighted by molar-refractivity contribution is -0.138. The smallest absolute Gasteiger partial charge is 0.322 e. The molecule has 1 aromatic heterocycles. The van der Waals surface area contributed by atoms with Gasteiger partial charge in [0, 0.05) is 32.0 Å². The largest absolute Gasteiger partial charge is 0.456 e. The Morgan fingerprint density at radius 3 is 2.68 bits per heavy atom. The number of unbranched alkanes of at least 4 members (excludes halogenated alkanes) is 1. The van der Waals surface area contributed by atoms with Gasteiger partial charge in [-0.3, -0.25) is 9.78 Å². The fraction of sp³-hybridized carbons (Fsp3) is 0.381. The number of ether oxygens (including phenoxy) is 1. The van der Waals surface area contributed by atoms with E-state index in [9.17, 15) is 9.59 Å². The molecule has 1 unspecified atom stereocenters. The van der Waals surface area contributed by atoms with Gasteiger partial charge in [0.15, 0.2) is 0 Å². The first-order valence-corrected chi connectivity index (χ1v) is 9.59. The Bertz CT molecular complexity index is 795. The van der Waals surface area contributed by atoms with Gasteiger partial charge in [-0.05, 0) is 42.8 Å². The van der Waals surface area contributed by atoms with Gasteiger partial charge in [-0.25, -0.2) is 4.79 Å². The van der Waals surface area contributed by atoms with E-state index in [1.54, 1.807) is 59.6 Å². The van der Waals surface area contributed by atoms with Crippen molar-refractivity contribution >= 4 is 17.6 Å². The van der Waals surface area contributed by atoms with Gasteiger partial charge in [-0.15, -0.1) is 0 Å². The van der Waals surface area contributed by atoms with Gasteiger partial charge in [-0.1, -0.05) is 19.8 Å². The molecule has 7 nitrogen and oxygen atoms in total. The average Bonchev–Trinajstić information content (AvgIpc) is 2.71. The summed E-state index contributed by atoms with van der Waals surface area (Å²) in [6.45, 7) is 3.16. The van der Waals surface area contributed by atoms with Crippen LogP contribution in [0.3, 0.4) is 0 Å². The highest BCUT2D eigenvalue weighted by molar-refractivity contribution is 5.94. The number of carbonyl (C=O) groups excluding carboxylic acids is 2. The molecule has 1 atom stereocenters. The predicted octanol–water partition coefficient (Wildman–Crippen LogP) is 3.74. The number of anilines is 1. The molecule has 1 aliphatic heterocycles. The first kappa shape index (κ1) is 19.7. The summed E-state index contributed by atoms with van der Waals surface area (Å²) < 4.78 is 5.71. The van der Waals surface area contributed by atoms with E-state index in [2.05, 4.69) is 17.2 Å². The minimum atomic E-state index is -0.396. The molecule has 3 amide bonds. The Kier molecular flexibility index (Phi) is 6.47. The quantitative estimate of drug-likeness (QED) is 0.826. The molecule has 0 radical (unpaired) electrons. The Morgan fingerprint density at radius 2 is 2.00 bits per heavy atom. The molecular formula is C21H26N4O3. The zero-order valence-corrected chi connectivity index (χ0v) is 16.3. The monoisotopic (exact) mass is 382 g/mol.